The van der Waals surface area contributed by atoms with Crippen molar-refractivity contribution in [1.82, 2.24) is 10.2 Å². The van der Waals surface area contributed by atoms with E-state index in [-0.39, 0.29) is 11.9 Å². The van der Waals surface area contributed by atoms with Crippen LogP contribution in [0.1, 0.15) is 43.6 Å². The van der Waals surface area contributed by atoms with Gasteiger partial charge in [-0.25, -0.2) is 4.79 Å². The molecule has 0 saturated heterocycles. The van der Waals surface area contributed by atoms with Crippen LogP contribution in [0.25, 0.3) is 6.08 Å². The van der Waals surface area contributed by atoms with Crippen LogP contribution in [-0.2, 0) is 9.53 Å². The Kier molecular flexibility index (Phi) is 8.19. The Balaban J connectivity index is 2.47. The number of rotatable bonds is 8. The third kappa shape index (κ3) is 6.54. The van der Waals surface area contributed by atoms with Gasteiger partial charge in [0.1, 0.15) is 0 Å². The standard InChI is InChI=1S/C19H28N2O3/c1-14(2)21(15(3)4)13-12-20-18(22)11-8-16-6-9-17(10-7-16)19(23)24-5/h6-11,14-15H,12-13H2,1-5H3,(H,20,22)/b11-8+. The van der Waals surface area contributed by atoms with Gasteiger partial charge in [-0.05, 0) is 51.5 Å². The SMILES string of the molecule is COC(=O)c1ccc(/C=C/C(=O)NCCN(C(C)C)C(C)C)cc1. The topological polar surface area (TPSA) is 58.6 Å². The number of amides is 1. The van der Waals surface area contributed by atoms with E-state index in [1.807, 2.05) is 0 Å². The molecule has 5 heteroatoms. The largest absolute Gasteiger partial charge is 0.465 e. The van der Waals surface area contributed by atoms with E-state index in [1.165, 1.54) is 13.2 Å². The Labute approximate surface area is 144 Å². The van der Waals surface area contributed by atoms with Crippen LogP contribution in [-0.4, -0.2) is 49.1 Å². The molecule has 0 radical (unpaired) electrons. The van der Waals surface area contributed by atoms with Crippen LogP contribution in [0, 0.1) is 0 Å². The maximum absolute atomic E-state index is 11.9. The van der Waals surface area contributed by atoms with Crippen LogP contribution >= 0.6 is 0 Å². The zero-order chi connectivity index (χ0) is 18.1. The van der Waals surface area contributed by atoms with Crippen LogP contribution in [0.4, 0.5) is 0 Å². The number of nitrogens with one attached hydrogen (secondary N) is 1. The summed E-state index contributed by atoms with van der Waals surface area (Å²) in [4.78, 5) is 25.5. The predicted octanol–water partition coefficient (Wildman–Crippen LogP) is 2.72. The summed E-state index contributed by atoms with van der Waals surface area (Å²) in [6, 6.07) is 7.79. The number of hydrogen-bond donors (Lipinski definition) is 1. The van der Waals surface area contributed by atoms with Gasteiger partial charge in [0.15, 0.2) is 0 Å². The van der Waals surface area contributed by atoms with Crippen molar-refractivity contribution in [1.29, 1.82) is 0 Å². The molecule has 5 nitrogen and oxygen atoms in total. The number of benzene rings is 1. The molecule has 0 unspecified atom stereocenters. The van der Waals surface area contributed by atoms with E-state index in [2.05, 4.69) is 42.6 Å². The normalized spacial score (nSPS) is 11.5. The summed E-state index contributed by atoms with van der Waals surface area (Å²) in [6.07, 6.45) is 3.22. The molecule has 1 aromatic carbocycles. The Morgan fingerprint density at radius 2 is 1.71 bits per heavy atom. The first kappa shape index (κ1) is 19.9. The van der Waals surface area contributed by atoms with Crippen molar-refractivity contribution in [3.05, 3.63) is 41.5 Å². The maximum Gasteiger partial charge on any atom is 0.337 e. The van der Waals surface area contributed by atoms with Crippen LogP contribution in [0.15, 0.2) is 30.3 Å². The molecule has 0 spiro atoms. The number of methoxy groups -OCH3 is 1. The third-order valence-corrected chi connectivity index (χ3v) is 3.75. The van der Waals surface area contributed by atoms with E-state index in [4.69, 9.17) is 0 Å². The van der Waals surface area contributed by atoms with Crippen molar-refractivity contribution in [2.75, 3.05) is 20.2 Å². The second-order valence-corrected chi connectivity index (χ2v) is 6.16. The number of nitrogens with zero attached hydrogens (tertiary/aromatic N) is 1. The van der Waals surface area contributed by atoms with E-state index in [1.54, 1.807) is 30.3 Å². The second kappa shape index (κ2) is 9.88. The predicted molar refractivity (Wildman–Crippen MR) is 96.8 cm³/mol. The first-order valence-corrected chi connectivity index (χ1v) is 8.25. The minimum atomic E-state index is -0.372. The Morgan fingerprint density at radius 3 is 2.21 bits per heavy atom. The first-order chi connectivity index (χ1) is 11.3. The zero-order valence-corrected chi connectivity index (χ0v) is 15.2. The van der Waals surface area contributed by atoms with Gasteiger partial charge in [-0.15, -0.1) is 0 Å². The zero-order valence-electron chi connectivity index (χ0n) is 15.2. The fourth-order valence-electron chi connectivity index (χ4n) is 2.50. The van der Waals surface area contributed by atoms with Crippen LogP contribution in [0.3, 0.4) is 0 Å². The van der Waals surface area contributed by atoms with Crippen LogP contribution < -0.4 is 5.32 Å². The van der Waals surface area contributed by atoms with Crippen molar-refractivity contribution < 1.29 is 14.3 Å². The van der Waals surface area contributed by atoms with E-state index in [9.17, 15) is 9.59 Å². The highest BCUT2D eigenvalue weighted by molar-refractivity contribution is 5.92. The van der Waals surface area contributed by atoms with Crippen LogP contribution in [0.2, 0.25) is 0 Å². The number of carbonyl (C=O) groups is 2. The van der Waals surface area contributed by atoms with Crippen molar-refractivity contribution in [3.8, 4) is 0 Å². The molecular weight excluding hydrogens is 304 g/mol. The van der Waals surface area contributed by atoms with E-state index in [0.29, 0.717) is 24.2 Å². The minimum Gasteiger partial charge on any atom is -0.465 e. The summed E-state index contributed by atoms with van der Waals surface area (Å²) in [5, 5.41) is 2.89. The van der Waals surface area contributed by atoms with Gasteiger partial charge in [-0.3, -0.25) is 9.69 Å². The van der Waals surface area contributed by atoms with Gasteiger partial charge in [0.2, 0.25) is 5.91 Å². The summed E-state index contributed by atoms with van der Waals surface area (Å²) in [5.41, 5.74) is 1.34. The molecule has 132 valence electrons. The molecule has 1 rings (SSSR count). The lowest BCUT2D eigenvalue weighted by Gasteiger charge is -2.30. The summed E-state index contributed by atoms with van der Waals surface area (Å²) >= 11 is 0. The third-order valence-electron chi connectivity index (χ3n) is 3.75. The van der Waals surface area contributed by atoms with Gasteiger partial charge in [0, 0.05) is 31.2 Å². The Morgan fingerprint density at radius 1 is 1.12 bits per heavy atom. The monoisotopic (exact) mass is 332 g/mol. The molecule has 0 aromatic heterocycles. The van der Waals surface area contributed by atoms with Crippen molar-refractivity contribution in [3.63, 3.8) is 0 Å². The van der Waals surface area contributed by atoms with Gasteiger partial charge >= 0.3 is 5.97 Å². The van der Waals surface area contributed by atoms with Gasteiger partial charge in [0.25, 0.3) is 0 Å². The van der Waals surface area contributed by atoms with Gasteiger partial charge in [0.05, 0.1) is 12.7 Å². The molecule has 0 fully saturated rings. The highest BCUT2D eigenvalue weighted by Crippen LogP contribution is 2.07. The summed E-state index contributed by atoms with van der Waals surface area (Å²) in [6.45, 7) is 10.0. The molecule has 0 aliphatic rings. The fraction of sp³-hybridized carbons (Fsp3) is 0.474. The summed E-state index contributed by atoms with van der Waals surface area (Å²) in [7, 11) is 1.35. The average Bonchev–Trinajstić information content (AvgIpc) is 2.55. The molecule has 0 atom stereocenters. The fourth-order valence-corrected chi connectivity index (χ4v) is 2.50. The van der Waals surface area contributed by atoms with Gasteiger partial charge < -0.3 is 10.1 Å². The van der Waals surface area contributed by atoms with Crippen LogP contribution in [0.5, 0.6) is 0 Å². The van der Waals surface area contributed by atoms with E-state index < -0.39 is 0 Å². The molecule has 1 amide bonds. The lowest BCUT2D eigenvalue weighted by molar-refractivity contribution is -0.116. The Hall–Kier alpha value is -2.14. The summed E-state index contributed by atoms with van der Waals surface area (Å²) in [5.74, 6) is -0.498. The maximum atomic E-state index is 11.9. The molecule has 24 heavy (non-hydrogen) atoms. The number of carbonyl (C=O) groups excluding carboxylic acids is 2. The quantitative estimate of drug-likeness (QED) is 0.587. The van der Waals surface area contributed by atoms with Crippen molar-refractivity contribution in [2.24, 2.45) is 0 Å². The number of hydrogen-bond acceptors (Lipinski definition) is 4. The summed E-state index contributed by atoms with van der Waals surface area (Å²) < 4.78 is 4.65. The highest BCUT2D eigenvalue weighted by atomic mass is 16.5. The second-order valence-electron chi connectivity index (χ2n) is 6.16. The van der Waals surface area contributed by atoms with Gasteiger partial charge in [-0.1, -0.05) is 12.1 Å². The number of ether oxygens (including phenoxy) is 1. The highest BCUT2D eigenvalue weighted by Gasteiger charge is 2.12. The smallest absolute Gasteiger partial charge is 0.337 e. The van der Waals surface area contributed by atoms with E-state index in [0.717, 1.165) is 12.1 Å². The minimum absolute atomic E-state index is 0.125. The number of esters is 1. The molecule has 0 bridgehead atoms. The van der Waals surface area contributed by atoms with E-state index >= 15 is 0 Å². The lowest BCUT2D eigenvalue weighted by atomic mass is 10.1. The molecule has 0 aliphatic carbocycles. The van der Waals surface area contributed by atoms with Crippen molar-refractivity contribution >= 4 is 18.0 Å². The average molecular weight is 332 g/mol. The Bertz CT molecular complexity index is 554. The molecule has 1 N–H and O–H groups in total. The molecule has 0 aliphatic heterocycles. The molecular formula is C19H28N2O3. The molecule has 1 aromatic rings. The molecule has 0 heterocycles. The molecule has 0 saturated carbocycles. The van der Waals surface area contributed by atoms with Crippen molar-refractivity contribution in [2.45, 2.75) is 39.8 Å². The first-order valence-electron chi connectivity index (χ1n) is 8.25. The van der Waals surface area contributed by atoms with Gasteiger partial charge in [-0.2, -0.15) is 0 Å². The lowest BCUT2D eigenvalue weighted by Crippen LogP contribution is -2.42.